The topological polar surface area (TPSA) is 6.48 Å². The summed E-state index contributed by atoms with van der Waals surface area (Å²) < 4.78 is 0. The van der Waals surface area contributed by atoms with E-state index in [1.165, 1.54) is 44.2 Å². The van der Waals surface area contributed by atoms with Crippen molar-refractivity contribution >= 4 is 5.69 Å². The van der Waals surface area contributed by atoms with Crippen LogP contribution in [0.25, 0.3) is 0 Å². The van der Waals surface area contributed by atoms with Crippen LogP contribution in [0.5, 0.6) is 0 Å². The molecule has 1 heterocycles. The van der Waals surface area contributed by atoms with Crippen LogP contribution in [-0.4, -0.2) is 18.1 Å². The highest BCUT2D eigenvalue weighted by atomic mass is 15.4. The summed E-state index contributed by atoms with van der Waals surface area (Å²) in [5, 5.41) is 0. The summed E-state index contributed by atoms with van der Waals surface area (Å²) >= 11 is 0. The maximum atomic E-state index is 2.39. The third-order valence-electron chi connectivity index (χ3n) is 3.87. The van der Waals surface area contributed by atoms with Gasteiger partial charge in [-0.2, -0.15) is 0 Å². The maximum absolute atomic E-state index is 2.39. The van der Waals surface area contributed by atoms with Gasteiger partial charge in [-0.15, -0.1) is 0 Å². The number of unbranched alkanes of at least 4 members (excludes halogenated alkanes) is 4. The molecule has 104 valence electrons. The molecule has 19 heavy (non-hydrogen) atoms. The average Bonchev–Trinajstić information content (AvgIpc) is 2.81. The van der Waals surface area contributed by atoms with Crippen LogP contribution < -0.4 is 4.90 Å². The molecule has 2 rings (SSSR count). The first-order chi connectivity index (χ1) is 9.33. The Morgan fingerprint density at radius 1 is 0.947 bits per heavy atom. The molecule has 0 saturated heterocycles. The first kappa shape index (κ1) is 14.0. The van der Waals surface area contributed by atoms with Crippen molar-refractivity contribution in [2.45, 2.75) is 51.6 Å². The molecule has 0 fully saturated rings. The van der Waals surface area contributed by atoms with Crippen LogP contribution in [0.1, 0.15) is 45.4 Å². The van der Waals surface area contributed by atoms with Crippen molar-refractivity contribution in [3.8, 4) is 0 Å². The van der Waals surface area contributed by atoms with Crippen molar-refractivity contribution in [2.24, 2.45) is 0 Å². The number of benzene rings is 1. The summed E-state index contributed by atoms with van der Waals surface area (Å²) in [6, 6.07) is 10.7. The lowest BCUT2D eigenvalue weighted by atomic mass is 10.1. The summed E-state index contributed by atoms with van der Waals surface area (Å²) in [5.41, 5.74) is 1.29. The van der Waals surface area contributed by atoms with Crippen molar-refractivity contribution < 1.29 is 0 Å². The minimum absolute atomic E-state index is 0.490. The number of anilines is 1. The summed E-state index contributed by atoms with van der Waals surface area (Å²) in [7, 11) is 2.18. The molecule has 1 aliphatic rings. The largest absolute Gasteiger partial charge is 0.359 e. The number of rotatable bonds is 7. The van der Waals surface area contributed by atoms with E-state index in [4.69, 9.17) is 0 Å². The van der Waals surface area contributed by atoms with E-state index in [1.807, 2.05) is 0 Å². The summed E-state index contributed by atoms with van der Waals surface area (Å²) in [4.78, 5) is 4.71. The van der Waals surface area contributed by atoms with Crippen LogP contribution in [0.2, 0.25) is 0 Å². The molecular formula is C17H26N2. The lowest BCUT2D eigenvalue weighted by Gasteiger charge is -2.30. The van der Waals surface area contributed by atoms with Crippen molar-refractivity contribution in [3.05, 3.63) is 42.7 Å². The van der Waals surface area contributed by atoms with Gasteiger partial charge in [-0.1, -0.05) is 50.8 Å². The van der Waals surface area contributed by atoms with E-state index in [0.717, 1.165) is 0 Å². The molecule has 0 radical (unpaired) electrons. The Balaban J connectivity index is 1.87. The van der Waals surface area contributed by atoms with Gasteiger partial charge in [0.2, 0.25) is 0 Å². The average molecular weight is 258 g/mol. The highest BCUT2D eigenvalue weighted by Crippen LogP contribution is 2.26. The minimum Gasteiger partial charge on any atom is -0.359 e. The molecule has 1 aromatic carbocycles. The number of nitrogens with zero attached hydrogens (tertiary/aromatic N) is 2. The molecule has 1 unspecified atom stereocenters. The molecule has 2 heteroatoms. The predicted octanol–water partition coefficient (Wildman–Crippen LogP) is 4.60. The van der Waals surface area contributed by atoms with Crippen LogP contribution in [0.4, 0.5) is 5.69 Å². The van der Waals surface area contributed by atoms with E-state index < -0.39 is 0 Å². The van der Waals surface area contributed by atoms with Gasteiger partial charge in [-0.05, 0) is 25.0 Å². The molecule has 1 aromatic rings. The molecular weight excluding hydrogens is 232 g/mol. The van der Waals surface area contributed by atoms with Crippen molar-refractivity contribution in [2.75, 3.05) is 11.9 Å². The minimum atomic E-state index is 0.490. The van der Waals surface area contributed by atoms with Crippen molar-refractivity contribution in [1.82, 2.24) is 4.90 Å². The zero-order valence-corrected chi connectivity index (χ0v) is 12.3. The molecule has 0 N–H and O–H groups in total. The second kappa shape index (κ2) is 7.22. The van der Waals surface area contributed by atoms with Crippen molar-refractivity contribution in [3.63, 3.8) is 0 Å². The SMILES string of the molecule is CCCCCCCC1N(C)C=CN1c1ccccc1. The number of hydrogen-bond donors (Lipinski definition) is 0. The fourth-order valence-electron chi connectivity index (χ4n) is 2.70. The number of para-hydroxylation sites is 1. The summed E-state index contributed by atoms with van der Waals surface area (Å²) in [6.07, 6.45) is 12.9. The van der Waals surface area contributed by atoms with Gasteiger partial charge >= 0.3 is 0 Å². The summed E-state index contributed by atoms with van der Waals surface area (Å²) in [6.45, 7) is 2.27. The predicted molar refractivity (Wildman–Crippen MR) is 83.0 cm³/mol. The standard InChI is InChI=1S/C17H26N2/c1-3-4-5-6-10-13-17-18(2)14-15-19(17)16-11-8-7-9-12-16/h7-9,11-12,14-15,17H,3-6,10,13H2,1-2H3. The fourth-order valence-corrected chi connectivity index (χ4v) is 2.70. The zero-order valence-electron chi connectivity index (χ0n) is 12.3. The van der Waals surface area contributed by atoms with Crippen LogP contribution in [-0.2, 0) is 0 Å². The van der Waals surface area contributed by atoms with E-state index in [9.17, 15) is 0 Å². The second-order valence-electron chi connectivity index (χ2n) is 5.39. The van der Waals surface area contributed by atoms with Gasteiger partial charge in [0, 0.05) is 25.1 Å². The lowest BCUT2D eigenvalue weighted by Crippen LogP contribution is -2.36. The van der Waals surface area contributed by atoms with E-state index >= 15 is 0 Å². The van der Waals surface area contributed by atoms with Crippen molar-refractivity contribution in [1.29, 1.82) is 0 Å². The second-order valence-corrected chi connectivity index (χ2v) is 5.39. The first-order valence-corrected chi connectivity index (χ1v) is 7.56. The molecule has 0 amide bonds. The lowest BCUT2D eigenvalue weighted by molar-refractivity contribution is 0.329. The van der Waals surface area contributed by atoms with Crippen LogP contribution in [0.3, 0.4) is 0 Å². The van der Waals surface area contributed by atoms with E-state index in [0.29, 0.717) is 6.17 Å². The zero-order chi connectivity index (χ0) is 13.5. The molecule has 0 aliphatic carbocycles. The van der Waals surface area contributed by atoms with Crippen LogP contribution in [0.15, 0.2) is 42.7 Å². The molecule has 2 nitrogen and oxygen atoms in total. The van der Waals surface area contributed by atoms with Crippen LogP contribution in [0, 0.1) is 0 Å². The Kier molecular flexibility index (Phi) is 5.31. The number of hydrogen-bond acceptors (Lipinski definition) is 2. The Bertz CT molecular complexity index is 386. The Morgan fingerprint density at radius 3 is 2.42 bits per heavy atom. The van der Waals surface area contributed by atoms with Gasteiger partial charge in [-0.25, -0.2) is 0 Å². The van der Waals surface area contributed by atoms with Gasteiger partial charge in [-0.3, -0.25) is 0 Å². The molecule has 1 aliphatic heterocycles. The van der Waals surface area contributed by atoms with Gasteiger partial charge in [0.1, 0.15) is 6.17 Å². The van der Waals surface area contributed by atoms with Crippen LogP contribution >= 0.6 is 0 Å². The van der Waals surface area contributed by atoms with E-state index in [2.05, 4.69) is 66.5 Å². The Hall–Kier alpha value is -1.44. The molecule has 0 bridgehead atoms. The van der Waals surface area contributed by atoms with Gasteiger partial charge in [0.05, 0.1) is 0 Å². The van der Waals surface area contributed by atoms with Gasteiger partial charge < -0.3 is 9.80 Å². The quantitative estimate of drug-likeness (QED) is 0.660. The Morgan fingerprint density at radius 2 is 1.68 bits per heavy atom. The maximum Gasteiger partial charge on any atom is 0.105 e. The van der Waals surface area contributed by atoms with E-state index in [-0.39, 0.29) is 0 Å². The molecule has 0 saturated carbocycles. The molecule has 0 aromatic heterocycles. The van der Waals surface area contributed by atoms with Gasteiger partial charge in [0.15, 0.2) is 0 Å². The third-order valence-corrected chi connectivity index (χ3v) is 3.87. The first-order valence-electron chi connectivity index (χ1n) is 7.56. The smallest absolute Gasteiger partial charge is 0.105 e. The van der Waals surface area contributed by atoms with Gasteiger partial charge in [0.25, 0.3) is 0 Å². The van der Waals surface area contributed by atoms with E-state index in [1.54, 1.807) is 0 Å². The molecule has 0 spiro atoms. The monoisotopic (exact) mass is 258 g/mol. The normalized spacial score (nSPS) is 18.3. The Labute approximate surface area is 117 Å². The highest BCUT2D eigenvalue weighted by molar-refractivity contribution is 5.51. The molecule has 1 atom stereocenters. The highest BCUT2D eigenvalue weighted by Gasteiger charge is 2.23. The third kappa shape index (κ3) is 3.76. The summed E-state index contributed by atoms with van der Waals surface area (Å²) in [5.74, 6) is 0. The fraction of sp³-hybridized carbons (Fsp3) is 0.529.